The fourth-order valence-corrected chi connectivity index (χ4v) is 4.35. The van der Waals surface area contributed by atoms with Crippen molar-refractivity contribution in [3.8, 4) is 0 Å². The molecule has 1 aromatic carbocycles. The van der Waals surface area contributed by atoms with E-state index in [-0.39, 0.29) is 12.5 Å². The number of urea groups is 1. The van der Waals surface area contributed by atoms with Crippen LogP contribution < -0.4 is 5.32 Å². The van der Waals surface area contributed by atoms with Gasteiger partial charge in [0.2, 0.25) is 0 Å². The number of fused-ring (bicyclic) bond motifs is 2. The predicted molar refractivity (Wildman–Crippen MR) is 85.3 cm³/mol. The minimum Gasteiger partial charge on any atom is -0.318 e. The Labute approximate surface area is 139 Å². The average molecular weight is 341 g/mol. The van der Waals surface area contributed by atoms with Gasteiger partial charge in [0.05, 0.1) is 0 Å². The molecule has 0 aromatic heterocycles. The van der Waals surface area contributed by atoms with Crippen LogP contribution in [0.1, 0.15) is 50.0 Å². The highest BCUT2D eigenvalue weighted by Crippen LogP contribution is 2.52. The largest absolute Gasteiger partial charge is 0.322 e. The molecule has 6 heteroatoms. The predicted octanol–water partition coefficient (Wildman–Crippen LogP) is 5.01. The molecule has 1 aliphatic carbocycles. The zero-order valence-corrected chi connectivity index (χ0v) is 13.5. The smallest absolute Gasteiger partial charge is 0.318 e. The molecule has 3 nitrogen and oxygen atoms in total. The lowest BCUT2D eigenvalue weighted by Gasteiger charge is -2.52. The van der Waals surface area contributed by atoms with Gasteiger partial charge in [0, 0.05) is 35.1 Å². The maximum atomic E-state index is 13.7. The standard InChI is InChI=1S/C17H19ClF2N2O/c18-15-5-4-10(8-13(15)14-6-7-17(14,19)20)21-16(23)22-11-2-1-3-12(22)9-11/h4-5,8,11-12,14H,1-3,6-7,9H2,(H,21,23)/t11-,12?,14?/m1/s1. The molecule has 2 heterocycles. The van der Waals surface area contributed by atoms with Crippen LogP contribution >= 0.6 is 11.6 Å². The summed E-state index contributed by atoms with van der Waals surface area (Å²) in [6.45, 7) is 0. The second-order valence-corrected chi connectivity index (χ2v) is 7.31. The Balaban J connectivity index is 1.50. The van der Waals surface area contributed by atoms with Crippen LogP contribution in [0.25, 0.3) is 0 Å². The Morgan fingerprint density at radius 2 is 2.00 bits per heavy atom. The zero-order chi connectivity index (χ0) is 16.2. The van der Waals surface area contributed by atoms with Crippen LogP contribution in [0, 0.1) is 0 Å². The van der Waals surface area contributed by atoms with E-state index in [1.807, 2.05) is 4.90 Å². The third kappa shape index (κ3) is 2.49. The number of hydrogen-bond donors (Lipinski definition) is 1. The van der Waals surface area contributed by atoms with E-state index in [1.165, 1.54) is 6.42 Å². The van der Waals surface area contributed by atoms with E-state index in [0.29, 0.717) is 34.8 Å². The van der Waals surface area contributed by atoms with E-state index >= 15 is 0 Å². The molecular formula is C17H19ClF2N2O. The molecule has 4 rings (SSSR count). The van der Waals surface area contributed by atoms with Crippen LogP contribution in [-0.4, -0.2) is 28.9 Å². The number of rotatable bonds is 2. The van der Waals surface area contributed by atoms with Crippen molar-refractivity contribution < 1.29 is 13.6 Å². The van der Waals surface area contributed by atoms with Gasteiger partial charge in [0.1, 0.15) is 0 Å². The maximum absolute atomic E-state index is 13.7. The van der Waals surface area contributed by atoms with Gasteiger partial charge in [-0.05, 0) is 55.9 Å². The van der Waals surface area contributed by atoms with Crippen molar-refractivity contribution in [1.82, 2.24) is 4.90 Å². The molecule has 124 valence electrons. The second-order valence-electron chi connectivity index (χ2n) is 6.90. The number of benzene rings is 1. The molecule has 1 saturated carbocycles. The average Bonchev–Trinajstić information content (AvgIpc) is 2.50. The fourth-order valence-electron chi connectivity index (χ4n) is 4.10. The molecule has 3 atom stereocenters. The van der Waals surface area contributed by atoms with Crippen LogP contribution in [0.4, 0.5) is 19.3 Å². The summed E-state index contributed by atoms with van der Waals surface area (Å²) in [5.41, 5.74) is 0.978. The van der Waals surface area contributed by atoms with Crippen molar-refractivity contribution >= 4 is 23.3 Å². The van der Waals surface area contributed by atoms with Crippen molar-refractivity contribution in [3.05, 3.63) is 28.8 Å². The van der Waals surface area contributed by atoms with E-state index in [4.69, 9.17) is 11.6 Å². The normalized spacial score (nSPS) is 31.1. The van der Waals surface area contributed by atoms with Crippen LogP contribution in [0.5, 0.6) is 0 Å². The molecule has 2 amide bonds. The summed E-state index contributed by atoms with van der Waals surface area (Å²) in [7, 11) is 0. The maximum Gasteiger partial charge on any atom is 0.322 e. The molecule has 0 spiro atoms. The first-order chi connectivity index (χ1) is 11.0. The first-order valence-corrected chi connectivity index (χ1v) is 8.60. The van der Waals surface area contributed by atoms with Crippen LogP contribution in [0.3, 0.4) is 0 Å². The van der Waals surface area contributed by atoms with Crippen LogP contribution in [-0.2, 0) is 0 Å². The van der Waals surface area contributed by atoms with E-state index in [2.05, 4.69) is 5.32 Å². The van der Waals surface area contributed by atoms with Gasteiger partial charge in [-0.25, -0.2) is 13.6 Å². The summed E-state index contributed by atoms with van der Waals surface area (Å²) in [6.07, 6.45) is 4.73. The van der Waals surface area contributed by atoms with Gasteiger partial charge in [0.15, 0.2) is 0 Å². The van der Waals surface area contributed by atoms with Crippen molar-refractivity contribution in [3.63, 3.8) is 0 Å². The lowest BCUT2D eigenvalue weighted by Crippen LogP contribution is -2.62. The number of alkyl halides is 2. The van der Waals surface area contributed by atoms with Crippen LogP contribution in [0.2, 0.25) is 5.02 Å². The fraction of sp³-hybridized carbons (Fsp3) is 0.588. The Bertz CT molecular complexity index is 637. The van der Waals surface area contributed by atoms with Crippen molar-refractivity contribution in [1.29, 1.82) is 0 Å². The Kier molecular flexibility index (Phi) is 3.52. The van der Waals surface area contributed by atoms with Gasteiger partial charge >= 0.3 is 6.03 Å². The van der Waals surface area contributed by atoms with Crippen molar-refractivity contribution in [2.75, 3.05) is 5.32 Å². The first kappa shape index (κ1) is 15.2. The summed E-state index contributed by atoms with van der Waals surface area (Å²) in [6, 6.07) is 5.44. The number of nitrogens with one attached hydrogen (secondary N) is 1. The number of halogens is 3. The molecule has 2 unspecified atom stereocenters. The number of piperidine rings is 1. The number of carbonyl (C=O) groups excluding carboxylic acids is 1. The SMILES string of the molecule is O=C(Nc1ccc(Cl)c(C2CCC2(F)F)c1)N1C2CCC[C@@H]1C2. The summed E-state index contributed by atoms with van der Waals surface area (Å²) >= 11 is 6.09. The highest BCUT2D eigenvalue weighted by atomic mass is 35.5. The second kappa shape index (κ2) is 5.33. The molecule has 1 aromatic rings. The summed E-state index contributed by atoms with van der Waals surface area (Å²) in [5.74, 6) is -3.53. The quantitative estimate of drug-likeness (QED) is 0.806. The Hall–Kier alpha value is -1.36. The number of nitrogens with zero attached hydrogens (tertiary/aromatic N) is 1. The topological polar surface area (TPSA) is 32.3 Å². The number of amides is 2. The number of anilines is 1. The summed E-state index contributed by atoms with van der Waals surface area (Å²) in [4.78, 5) is 14.3. The van der Waals surface area contributed by atoms with Crippen molar-refractivity contribution in [2.24, 2.45) is 0 Å². The molecule has 2 bridgehead atoms. The van der Waals surface area contributed by atoms with E-state index in [0.717, 1.165) is 19.3 Å². The van der Waals surface area contributed by atoms with Gasteiger partial charge in [-0.3, -0.25) is 0 Å². The number of hydrogen-bond acceptors (Lipinski definition) is 1. The summed E-state index contributed by atoms with van der Waals surface area (Å²) in [5, 5.41) is 3.19. The molecule has 2 aliphatic heterocycles. The molecule has 23 heavy (non-hydrogen) atoms. The Morgan fingerprint density at radius 3 is 2.57 bits per heavy atom. The molecule has 0 radical (unpaired) electrons. The lowest BCUT2D eigenvalue weighted by molar-refractivity contribution is -0.0961. The molecule has 1 N–H and O–H groups in total. The highest BCUT2D eigenvalue weighted by molar-refractivity contribution is 6.31. The number of carbonyl (C=O) groups is 1. The van der Waals surface area contributed by atoms with Gasteiger partial charge in [-0.1, -0.05) is 11.6 Å². The minimum atomic E-state index is -2.69. The van der Waals surface area contributed by atoms with Gasteiger partial charge < -0.3 is 10.2 Å². The molecule has 3 aliphatic rings. The summed E-state index contributed by atoms with van der Waals surface area (Å²) < 4.78 is 27.3. The highest BCUT2D eigenvalue weighted by Gasteiger charge is 2.49. The van der Waals surface area contributed by atoms with Crippen LogP contribution in [0.15, 0.2) is 18.2 Å². The molecular weight excluding hydrogens is 322 g/mol. The first-order valence-electron chi connectivity index (χ1n) is 8.22. The molecule has 2 saturated heterocycles. The van der Waals surface area contributed by atoms with Gasteiger partial charge in [-0.15, -0.1) is 0 Å². The lowest BCUT2D eigenvalue weighted by atomic mass is 9.76. The van der Waals surface area contributed by atoms with E-state index in [9.17, 15) is 13.6 Å². The van der Waals surface area contributed by atoms with E-state index in [1.54, 1.807) is 18.2 Å². The van der Waals surface area contributed by atoms with Gasteiger partial charge in [-0.2, -0.15) is 0 Å². The Morgan fingerprint density at radius 1 is 1.26 bits per heavy atom. The third-order valence-corrected chi connectivity index (χ3v) is 5.88. The zero-order valence-electron chi connectivity index (χ0n) is 12.7. The van der Waals surface area contributed by atoms with Crippen molar-refractivity contribution in [2.45, 2.75) is 62.4 Å². The monoisotopic (exact) mass is 340 g/mol. The molecule has 3 fully saturated rings. The minimum absolute atomic E-state index is 0.0955. The third-order valence-electron chi connectivity index (χ3n) is 5.54. The van der Waals surface area contributed by atoms with Gasteiger partial charge in [0.25, 0.3) is 5.92 Å². The van der Waals surface area contributed by atoms with E-state index < -0.39 is 11.8 Å².